The van der Waals surface area contributed by atoms with Crippen LogP contribution in [0.15, 0.2) is 30.3 Å². The molecule has 16 heavy (non-hydrogen) atoms. The second-order valence-corrected chi connectivity index (χ2v) is 4.81. The lowest BCUT2D eigenvalue weighted by atomic mass is 9.85. The summed E-state index contributed by atoms with van der Waals surface area (Å²) in [5, 5.41) is 0. The Morgan fingerprint density at radius 2 is 1.81 bits per heavy atom. The molecule has 1 aromatic rings. The van der Waals surface area contributed by atoms with Gasteiger partial charge in [-0.25, -0.2) is 0 Å². The molecule has 2 N–H and O–H groups in total. The highest BCUT2D eigenvalue weighted by Crippen LogP contribution is 2.23. The summed E-state index contributed by atoms with van der Waals surface area (Å²) in [7, 11) is 0. The molecule has 1 saturated heterocycles. The van der Waals surface area contributed by atoms with Gasteiger partial charge in [-0.1, -0.05) is 30.3 Å². The summed E-state index contributed by atoms with van der Waals surface area (Å²) in [6.07, 6.45) is 5.47. The van der Waals surface area contributed by atoms with Gasteiger partial charge < -0.3 is 10.5 Å². The Morgan fingerprint density at radius 3 is 2.50 bits per heavy atom. The van der Waals surface area contributed by atoms with E-state index in [1.165, 1.54) is 12.0 Å². The first kappa shape index (κ1) is 11.6. The molecular weight excluding hydrogens is 198 g/mol. The molecule has 0 saturated carbocycles. The number of ether oxygens (including phenoxy) is 1. The number of aryl methyl sites for hydroxylation is 1. The van der Waals surface area contributed by atoms with Gasteiger partial charge in [0, 0.05) is 18.8 Å². The van der Waals surface area contributed by atoms with Crippen LogP contribution in [-0.2, 0) is 11.2 Å². The first-order chi connectivity index (χ1) is 7.79. The van der Waals surface area contributed by atoms with Crippen LogP contribution in [0.4, 0.5) is 0 Å². The molecule has 2 heteroatoms. The van der Waals surface area contributed by atoms with E-state index in [-0.39, 0.29) is 5.54 Å². The highest BCUT2D eigenvalue weighted by molar-refractivity contribution is 5.14. The SMILES string of the molecule is NC1(CCCc2ccccc2)CCOCC1. The fraction of sp³-hybridized carbons (Fsp3) is 0.571. The maximum atomic E-state index is 6.34. The number of rotatable bonds is 4. The molecule has 1 aromatic carbocycles. The predicted octanol–water partition coefficient (Wildman–Crippen LogP) is 2.52. The summed E-state index contributed by atoms with van der Waals surface area (Å²) in [5.74, 6) is 0. The fourth-order valence-electron chi connectivity index (χ4n) is 2.32. The van der Waals surface area contributed by atoms with Gasteiger partial charge in [-0.15, -0.1) is 0 Å². The van der Waals surface area contributed by atoms with E-state index in [9.17, 15) is 0 Å². The molecule has 2 rings (SSSR count). The average molecular weight is 219 g/mol. The van der Waals surface area contributed by atoms with Crippen molar-refractivity contribution >= 4 is 0 Å². The topological polar surface area (TPSA) is 35.2 Å². The molecule has 0 unspecified atom stereocenters. The van der Waals surface area contributed by atoms with Crippen molar-refractivity contribution in [2.75, 3.05) is 13.2 Å². The number of benzene rings is 1. The molecule has 1 aliphatic heterocycles. The van der Waals surface area contributed by atoms with Crippen LogP contribution in [0.1, 0.15) is 31.2 Å². The Bertz CT molecular complexity index is 304. The van der Waals surface area contributed by atoms with Gasteiger partial charge in [-0.3, -0.25) is 0 Å². The van der Waals surface area contributed by atoms with Gasteiger partial charge in [0.25, 0.3) is 0 Å². The van der Waals surface area contributed by atoms with Crippen LogP contribution in [-0.4, -0.2) is 18.8 Å². The van der Waals surface area contributed by atoms with E-state index in [2.05, 4.69) is 30.3 Å². The van der Waals surface area contributed by atoms with Gasteiger partial charge >= 0.3 is 0 Å². The third-order valence-corrected chi connectivity index (χ3v) is 3.47. The summed E-state index contributed by atoms with van der Waals surface area (Å²) in [5.41, 5.74) is 7.79. The summed E-state index contributed by atoms with van der Waals surface area (Å²) in [4.78, 5) is 0. The summed E-state index contributed by atoms with van der Waals surface area (Å²) >= 11 is 0. The zero-order valence-electron chi connectivity index (χ0n) is 9.82. The Hall–Kier alpha value is -0.860. The third kappa shape index (κ3) is 3.32. The highest BCUT2D eigenvalue weighted by atomic mass is 16.5. The van der Waals surface area contributed by atoms with Crippen LogP contribution in [0.2, 0.25) is 0 Å². The molecule has 1 heterocycles. The number of nitrogens with two attached hydrogens (primary N) is 1. The van der Waals surface area contributed by atoms with Crippen molar-refractivity contribution in [3.8, 4) is 0 Å². The van der Waals surface area contributed by atoms with Crippen molar-refractivity contribution in [1.82, 2.24) is 0 Å². The summed E-state index contributed by atoms with van der Waals surface area (Å²) < 4.78 is 5.35. The Morgan fingerprint density at radius 1 is 1.12 bits per heavy atom. The largest absolute Gasteiger partial charge is 0.381 e. The molecule has 88 valence electrons. The van der Waals surface area contributed by atoms with Crippen molar-refractivity contribution in [2.24, 2.45) is 5.73 Å². The van der Waals surface area contributed by atoms with E-state index in [4.69, 9.17) is 10.5 Å². The van der Waals surface area contributed by atoms with E-state index in [1.54, 1.807) is 0 Å². The van der Waals surface area contributed by atoms with Crippen LogP contribution in [0.25, 0.3) is 0 Å². The Kier molecular flexibility index (Phi) is 3.97. The van der Waals surface area contributed by atoms with Gasteiger partial charge in [0.15, 0.2) is 0 Å². The lowest BCUT2D eigenvalue weighted by molar-refractivity contribution is 0.0496. The first-order valence-corrected chi connectivity index (χ1v) is 6.19. The minimum absolute atomic E-state index is 0.0348. The summed E-state index contributed by atoms with van der Waals surface area (Å²) in [6, 6.07) is 10.6. The first-order valence-electron chi connectivity index (χ1n) is 6.19. The lowest BCUT2D eigenvalue weighted by Gasteiger charge is -2.33. The van der Waals surface area contributed by atoms with Gasteiger partial charge in [-0.05, 0) is 37.7 Å². The number of hydrogen-bond acceptors (Lipinski definition) is 2. The lowest BCUT2D eigenvalue weighted by Crippen LogP contribution is -2.44. The van der Waals surface area contributed by atoms with Crippen LogP contribution < -0.4 is 5.73 Å². The van der Waals surface area contributed by atoms with Crippen LogP contribution >= 0.6 is 0 Å². The molecule has 0 aliphatic carbocycles. The van der Waals surface area contributed by atoms with Crippen molar-refractivity contribution in [2.45, 2.75) is 37.6 Å². The molecule has 0 amide bonds. The van der Waals surface area contributed by atoms with Gasteiger partial charge in [0.1, 0.15) is 0 Å². The van der Waals surface area contributed by atoms with Crippen molar-refractivity contribution in [3.63, 3.8) is 0 Å². The molecule has 2 nitrogen and oxygen atoms in total. The van der Waals surface area contributed by atoms with Gasteiger partial charge in [-0.2, -0.15) is 0 Å². The van der Waals surface area contributed by atoms with Gasteiger partial charge in [0.2, 0.25) is 0 Å². The second-order valence-electron chi connectivity index (χ2n) is 4.81. The monoisotopic (exact) mass is 219 g/mol. The molecule has 1 fully saturated rings. The molecule has 1 aliphatic rings. The molecule has 0 aromatic heterocycles. The maximum Gasteiger partial charge on any atom is 0.0483 e. The molecule has 0 bridgehead atoms. The summed E-state index contributed by atoms with van der Waals surface area (Å²) in [6.45, 7) is 1.67. The van der Waals surface area contributed by atoms with Crippen LogP contribution in [0.3, 0.4) is 0 Å². The van der Waals surface area contributed by atoms with Crippen molar-refractivity contribution < 1.29 is 4.74 Å². The van der Waals surface area contributed by atoms with Gasteiger partial charge in [0.05, 0.1) is 0 Å². The average Bonchev–Trinajstić information content (AvgIpc) is 2.31. The van der Waals surface area contributed by atoms with Crippen LogP contribution in [0.5, 0.6) is 0 Å². The molecule has 0 radical (unpaired) electrons. The minimum atomic E-state index is 0.0348. The van der Waals surface area contributed by atoms with E-state index in [0.29, 0.717) is 0 Å². The Balaban J connectivity index is 1.75. The van der Waals surface area contributed by atoms with Crippen molar-refractivity contribution in [3.05, 3.63) is 35.9 Å². The standard InChI is InChI=1S/C14H21NO/c15-14(9-11-16-12-10-14)8-4-7-13-5-2-1-3-6-13/h1-3,5-6H,4,7-12,15H2. The zero-order chi connectivity index (χ0) is 11.3. The fourth-order valence-corrected chi connectivity index (χ4v) is 2.32. The predicted molar refractivity (Wildman–Crippen MR) is 66.4 cm³/mol. The Labute approximate surface area is 97.8 Å². The van der Waals surface area contributed by atoms with Crippen LogP contribution in [0, 0.1) is 0 Å². The van der Waals surface area contributed by atoms with Crippen molar-refractivity contribution in [1.29, 1.82) is 0 Å². The molecular formula is C14H21NO. The minimum Gasteiger partial charge on any atom is -0.381 e. The zero-order valence-corrected chi connectivity index (χ0v) is 9.82. The maximum absolute atomic E-state index is 6.34. The molecule has 0 atom stereocenters. The quantitative estimate of drug-likeness (QED) is 0.844. The van der Waals surface area contributed by atoms with E-state index >= 15 is 0 Å². The van der Waals surface area contributed by atoms with E-state index in [1.807, 2.05) is 0 Å². The van der Waals surface area contributed by atoms with E-state index < -0.39 is 0 Å². The highest BCUT2D eigenvalue weighted by Gasteiger charge is 2.26. The molecule has 0 spiro atoms. The van der Waals surface area contributed by atoms with E-state index in [0.717, 1.165) is 38.9 Å². The smallest absolute Gasteiger partial charge is 0.0483 e. The normalized spacial score (nSPS) is 19.6. The third-order valence-electron chi connectivity index (χ3n) is 3.47. The number of hydrogen-bond donors (Lipinski definition) is 1. The second kappa shape index (κ2) is 5.46.